The number of benzene rings is 2. The van der Waals surface area contributed by atoms with Crippen molar-refractivity contribution in [1.29, 1.82) is 0 Å². The lowest BCUT2D eigenvalue weighted by atomic mass is 10.1. The number of phenolic OH excluding ortho intramolecular Hbond substituents is 1. The number of aromatic hydroxyl groups is 1. The fourth-order valence-corrected chi connectivity index (χ4v) is 3.57. The predicted octanol–water partition coefficient (Wildman–Crippen LogP) is 5.02. The van der Waals surface area contributed by atoms with Crippen molar-refractivity contribution in [3.63, 3.8) is 0 Å². The van der Waals surface area contributed by atoms with Crippen LogP contribution in [0.3, 0.4) is 0 Å². The third kappa shape index (κ3) is 5.37. The van der Waals surface area contributed by atoms with Crippen LogP contribution >= 0.6 is 11.8 Å². The summed E-state index contributed by atoms with van der Waals surface area (Å²) in [6.45, 7) is 5.34. The number of hydrogen-bond acceptors (Lipinski definition) is 8. The van der Waals surface area contributed by atoms with E-state index in [-0.39, 0.29) is 17.3 Å². The zero-order valence-corrected chi connectivity index (χ0v) is 18.1. The van der Waals surface area contributed by atoms with Gasteiger partial charge in [-0.25, -0.2) is 0 Å². The maximum absolute atomic E-state index is 12.5. The summed E-state index contributed by atoms with van der Waals surface area (Å²) in [5, 5.41) is 18.0. The molecule has 0 aliphatic carbocycles. The van der Waals surface area contributed by atoms with E-state index in [0.717, 1.165) is 16.0 Å². The molecule has 2 amide bonds. The SMILES string of the molecule is CCOC(=O)CN1C(=O)S/C(=C\c2cc(N=Nc3ccc(C)c(C)c3)ccc2O)C1=O. The number of thioether (sulfide) groups is 1. The molecule has 2 aromatic carbocycles. The van der Waals surface area contributed by atoms with Crippen molar-refractivity contribution in [3.05, 3.63) is 58.0 Å². The van der Waals surface area contributed by atoms with Crippen molar-refractivity contribution in [2.24, 2.45) is 10.2 Å². The summed E-state index contributed by atoms with van der Waals surface area (Å²) >= 11 is 0.690. The summed E-state index contributed by atoms with van der Waals surface area (Å²) in [6.07, 6.45) is 1.39. The van der Waals surface area contributed by atoms with Gasteiger partial charge in [-0.3, -0.25) is 19.3 Å². The van der Waals surface area contributed by atoms with Crippen LogP contribution in [0.5, 0.6) is 5.75 Å². The molecule has 1 aliphatic heterocycles. The fraction of sp³-hybridized carbons (Fsp3) is 0.227. The second-order valence-corrected chi connectivity index (χ2v) is 7.78. The second kappa shape index (κ2) is 9.57. The average molecular weight is 439 g/mol. The number of carbonyl (C=O) groups is 3. The molecule has 0 aromatic heterocycles. The van der Waals surface area contributed by atoms with Crippen molar-refractivity contribution in [2.75, 3.05) is 13.2 Å². The number of azo groups is 1. The minimum atomic E-state index is -0.664. The first-order chi connectivity index (χ1) is 14.8. The Labute approximate surface area is 183 Å². The third-order valence-electron chi connectivity index (χ3n) is 4.54. The van der Waals surface area contributed by atoms with Crippen molar-refractivity contribution in [3.8, 4) is 5.75 Å². The number of imide groups is 1. The lowest BCUT2D eigenvalue weighted by Gasteiger charge is -2.10. The largest absolute Gasteiger partial charge is 0.507 e. The summed E-state index contributed by atoms with van der Waals surface area (Å²) in [7, 11) is 0. The number of esters is 1. The van der Waals surface area contributed by atoms with Crippen LogP contribution < -0.4 is 0 Å². The number of hydrogen-bond donors (Lipinski definition) is 1. The van der Waals surface area contributed by atoms with Crippen molar-refractivity contribution in [2.45, 2.75) is 20.8 Å². The maximum atomic E-state index is 12.5. The third-order valence-corrected chi connectivity index (χ3v) is 5.44. The van der Waals surface area contributed by atoms with Gasteiger partial charge >= 0.3 is 5.97 Å². The molecule has 2 aromatic rings. The van der Waals surface area contributed by atoms with E-state index in [9.17, 15) is 19.5 Å². The molecule has 3 rings (SSSR count). The van der Waals surface area contributed by atoms with Crippen LogP contribution in [-0.4, -0.2) is 40.3 Å². The molecule has 0 spiro atoms. The van der Waals surface area contributed by atoms with Gasteiger partial charge in [-0.1, -0.05) is 6.07 Å². The highest BCUT2D eigenvalue weighted by molar-refractivity contribution is 8.18. The molecule has 0 saturated carbocycles. The summed E-state index contributed by atoms with van der Waals surface area (Å²) in [5.74, 6) is -1.37. The molecule has 1 fully saturated rings. The Bertz CT molecular complexity index is 1110. The maximum Gasteiger partial charge on any atom is 0.326 e. The molecular weight excluding hydrogens is 418 g/mol. The molecule has 1 aliphatic rings. The van der Waals surface area contributed by atoms with Gasteiger partial charge in [0.25, 0.3) is 11.1 Å². The molecular formula is C22H21N3O5S. The van der Waals surface area contributed by atoms with E-state index in [1.807, 2.05) is 32.0 Å². The van der Waals surface area contributed by atoms with Crippen LogP contribution in [0.25, 0.3) is 6.08 Å². The Morgan fingerprint density at radius 1 is 1.10 bits per heavy atom. The van der Waals surface area contributed by atoms with Gasteiger partial charge in [0, 0.05) is 5.56 Å². The molecule has 0 unspecified atom stereocenters. The van der Waals surface area contributed by atoms with Crippen molar-refractivity contribution >= 4 is 46.3 Å². The highest BCUT2D eigenvalue weighted by Crippen LogP contribution is 2.35. The molecule has 1 N–H and O–H groups in total. The van der Waals surface area contributed by atoms with E-state index in [2.05, 4.69) is 10.2 Å². The lowest BCUT2D eigenvalue weighted by molar-refractivity contribution is -0.145. The van der Waals surface area contributed by atoms with Gasteiger partial charge in [-0.2, -0.15) is 10.2 Å². The zero-order chi connectivity index (χ0) is 22.5. The first-order valence-electron chi connectivity index (χ1n) is 9.51. The molecule has 8 nitrogen and oxygen atoms in total. The quantitative estimate of drug-likeness (QED) is 0.384. The van der Waals surface area contributed by atoms with Crippen LogP contribution in [0.1, 0.15) is 23.6 Å². The summed E-state index contributed by atoms with van der Waals surface area (Å²) < 4.78 is 4.79. The number of phenols is 1. The lowest BCUT2D eigenvalue weighted by Crippen LogP contribution is -2.34. The highest BCUT2D eigenvalue weighted by atomic mass is 32.2. The van der Waals surface area contributed by atoms with E-state index in [1.54, 1.807) is 19.1 Å². The Kier molecular flexibility index (Phi) is 6.86. The van der Waals surface area contributed by atoms with Crippen molar-refractivity contribution in [1.82, 2.24) is 4.90 Å². The molecule has 0 atom stereocenters. The van der Waals surface area contributed by atoms with Gasteiger partial charge < -0.3 is 9.84 Å². The first-order valence-corrected chi connectivity index (χ1v) is 10.3. The van der Waals surface area contributed by atoms with E-state index < -0.39 is 23.7 Å². The van der Waals surface area contributed by atoms with Gasteiger partial charge in [-0.15, -0.1) is 0 Å². The summed E-state index contributed by atoms with van der Waals surface area (Å²) in [6, 6.07) is 10.3. The first kappa shape index (κ1) is 22.2. The van der Waals surface area contributed by atoms with Crippen LogP contribution in [0.2, 0.25) is 0 Å². The average Bonchev–Trinajstić information content (AvgIpc) is 2.98. The van der Waals surface area contributed by atoms with E-state index in [4.69, 9.17) is 4.74 Å². The number of carbonyl (C=O) groups excluding carboxylic acids is 3. The van der Waals surface area contributed by atoms with Gasteiger partial charge in [-0.05, 0) is 80.1 Å². The smallest absolute Gasteiger partial charge is 0.326 e. The van der Waals surface area contributed by atoms with Crippen molar-refractivity contribution < 1.29 is 24.2 Å². The van der Waals surface area contributed by atoms with E-state index in [0.29, 0.717) is 28.7 Å². The van der Waals surface area contributed by atoms with Crippen LogP contribution in [0.4, 0.5) is 16.2 Å². The Hall–Kier alpha value is -3.46. The number of nitrogens with zero attached hydrogens (tertiary/aromatic N) is 3. The molecule has 1 saturated heterocycles. The zero-order valence-electron chi connectivity index (χ0n) is 17.3. The molecule has 1 heterocycles. The Morgan fingerprint density at radius 3 is 2.45 bits per heavy atom. The number of ether oxygens (including phenoxy) is 1. The summed E-state index contributed by atoms with van der Waals surface area (Å²) in [4.78, 5) is 37.1. The molecule has 160 valence electrons. The molecule has 31 heavy (non-hydrogen) atoms. The minimum Gasteiger partial charge on any atom is -0.507 e. The van der Waals surface area contributed by atoms with Crippen LogP contribution in [0, 0.1) is 13.8 Å². The monoisotopic (exact) mass is 439 g/mol. The fourth-order valence-electron chi connectivity index (χ4n) is 2.74. The molecule has 0 bridgehead atoms. The Morgan fingerprint density at radius 2 is 1.77 bits per heavy atom. The van der Waals surface area contributed by atoms with Gasteiger partial charge in [0.15, 0.2) is 0 Å². The van der Waals surface area contributed by atoms with Gasteiger partial charge in [0.05, 0.1) is 22.9 Å². The van der Waals surface area contributed by atoms with Gasteiger partial charge in [0.2, 0.25) is 0 Å². The van der Waals surface area contributed by atoms with E-state index >= 15 is 0 Å². The number of rotatable bonds is 6. The molecule has 0 radical (unpaired) electrons. The second-order valence-electron chi connectivity index (χ2n) is 6.78. The number of amides is 2. The standard InChI is InChI=1S/C22H21N3O5S/c1-4-30-20(27)12-25-21(28)19(31-22(25)29)11-15-10-17(7-8-18(15)26)24-23-16-6-5-13(2)14(3)9-16/h5-11,26H,4,12H2,1-3H3/b19-11-,24-23?. The minimum absolute atomic E-state index is 0.0812. The highest BCUT2D eigenvalue weighted by Gasteiger charge is 2.36. The predicted molar refractivity (Wildman–Crippen MR) is 118 cm³/mol. The normalized spacial score (nSPS) is 15.3. The van der Waals surface area contributed by atoms with E-state index in [1.165, 1.54) is 12.1 Å². The van der Waals surface area contributed by atoms with Crippen LogP contribution in [0.15, 0.2) is 51.5 Å². The number of aryl methyl sites for hydroxylation is 2. The topological polar surface area (TPSA) is 109 Å². The molecule has 9 heteroatoms. The van der Waals surface area contributed by atoms with Crippen LogP contribution in [-0.2, 0) is 14.3 Å². The Balaban J connectivity index is 1.81. The summed E-state index contributed by atoms with van der Waals surface area (Å²) in [5.41, 5.74) is 3.72. The van der Waals surface area contributed by atoms with Gasteiger partial charge in [0.1, 0.15) is 12.3 Å².